The van der Waals surface area contributed by atoms with Crippen LogP contribution in [0.15, 0.2) is 201 Å². The lowest BCUT2D eigenvalue weighted by molar-refractivity contribution is -0.749. The van der Waals surface area contributed by atoms with Crippen molar-refractivity contribution < 1.29 is 23.4 Å². The van der Waals surface area contributed by atoms with Gasteiger partial charge in [0.1, 0.15) is 56.0 Å². The molecule has 22 rings (SSSR count). The van der Waals surface area contributed by atoms with Crippen LogP contribution in [-0.2, 0) is 32.7 Å². The van der Waals surface area contributed by atoms with Crippen molar-refractivity contribution in [1.29, 1.82) is 26.3 Å². The second-order valence-electron chi connectivity index (χ2n) is 31.4. The second kappa shape index (κ2) is 29.6. The molecule has 5 aromatic heterocycles. The largest absolute Gasteiger partial charge is 0.237 e. The Kier molecular flexibility index (Phi) is 18.5. The minimum atomic E-state index is 0.406. The number of rotatable bonds is 2. The molecule has 0 saturated carbocycles. The molecule has 0 radical (unpaired) electrons. The third kappa shape index (κ3) is 11.7. The van der Waals surface area contributed by atoms with Gasteiger partial charge in [0.2, 0.25) is 59.4 Å². The first-order valence-electron chi connectivity index (χ1n) is 39.7. The maximum Gasteiger partial charge on any atom is 0.205 e. The molecule has 12 aromatic carbocycles. The van der Waals surface area contributed by atoms with Gasteiger partial charge < -0.3 is 0 Å². The van der Waals surface area contributed by atoms with Gasteiger partial charge in [-0.2, -0.15) is 26.3 Å². The Bertz CT molecular complexity index is 8040. The molecule has 0 amide bonds. The molecule has 10 heterocycles. The first kappa shape index (κ1) is 76.2. The number of aromatic nitrogens is 10. The van der Waals surface area contributed by atoms with E-state index >= 15 is 0 Å². The molecule has 0 fully saturated rings. The Morgan fingerprint density at radius 2 is 0.615 bits per heavy atom. The predicted octanol–water partition coefficient (Wildman–Crippen LogP) is 19.9. The van der Waals surface area contributed by atoms with Gasteiger partial charge >= 0.3 is 0 Å². The van der Waals surface area contributed by atoms with Gasteiger partial charge in [0.15, 0.2) is 32.7 Å². The number of nitriles is 5. The average Bonchev–Trinajstić information content (AvgIpc) is 1.56. The van der Waals surface area contributed by atoms with E-state index in [9.17, 15) is 26.3 Å². The van der Waals surface area contributed by atoms with Gasteiger partial charge in [0.05, 0.1) is 129 Å². The van der Waals surface area contributed by atoms with E-state index in [1.165, 1.54) is 117 Å². The molecule has 20 nitrogen and oxygen atoms in total. The Balaban J connectivity index is 0.000000104. The third-order valence-corrected chi connectivity index (χ3v) is 25.2. The fraction of sp³-hybridized carbons (Fsp3) is 0.147. The van der Waals surface area contributed by atoms with Gasteiger partial charge in [-0.25, -0.2) is 24.2 Å². The van der Waals surface area contributed by atoms with Crippen molar-refractivity contribution in [2.24, 2.45) is 0 Å². The summed E-state index contributed by atoms with van der Waals surface area (Å²) in [5, 5.41) is 51.6. The summed E-state index contributed by atoms with van der Waals surface area (Å²) < 4.78 is 21.5. The van der Waals surface area contributed by atoms with Crippen LogP contribution in [0.4, 0.5) is 28.4 Å². The Morgan fingerprint density at radius 1 is 0.270 bits per heavy atom. The van der Waals surface area contributed by atoms with Crippen LogP contribution in [0, 0.1) is 159 Å². The summed E-state index contributed by atoms with van der Waals surface area (Å²) in [7, 11) is 0. The molecule has 576 valence electrons. The van der Waals surface area contributed by atoms with Gasteiger partial charge in [-0.1, -0.05) is 109 Å². The second-order valence-corrected chi connectivity index (χ2v) is 31.4. The smallest absolute Gasteiger partial charge is 0.205 e. The number of aryl methyl sites for hydroxylation is 3. The van der Waals surface area contributed by atoms with E-state index in [1.54, 1.807) is 30.3 Å². The van der Waals surface area contributed by atoms with Crippen molar-refractivity contribution in [3.05, 3.63) is 369 Å². The first-order valence-corrected chi connectivity index (χ1v) is 39.7. The van der Waals surface area contributed by atoms with E-state index in [-0.39, 0.29) is 0 Å². The molecule has 0 unspecified atom stereocenters. The van der Waals surface area contributed by atoms with Crippen LogP contribution in [0.5, 0.6) is 0 Å². The molecular weight excluding hydrogens is 1510 g/mol. The van der Waals surface area contributed by atoms with Crippen LogP contribution >= 0.6 is 0 Å². The highest BCUT2D eigenvalue weighted by molar-refractivity contribution is 5.96. The zero-order chi connectivity index (χ0) is 85.1. The Labute approximate surface area is 704 Å². The van der Waals surface area contributed by atoms with E-state index in [1.807, 2.05) is 97.7 Å². The van der Waals surface area contributed by atoms with Gasteiger partial charge in [-0.15, -0.1) is 46.8 Å². The molecule has 0 aliphatic carbocycles. The fourth-order valence-electron chi connectivity index (χ4n) is 18.5. The highest BCUT2D eigenvalue weighted by atomic mass is 15.4. The fourth-order valence-corrected chi connectivity index (χ4v) is 18.5. The predicted molar refractivity (Wildman–Crippen MR) is 466 cm³/mol. The van der Waals surface area contributed by atoms with E-state index < -0.39 is 0 Å². The van der Waals surface area contributed by atoms with Gasteiger partial charge in [0.25, 0.3) is 0 Å². The summed E-state index contributed by atoms with van der Waals surface area (Å²) >= 11 is 0. The Morgan fingerprint density at radius 3 is 1.06 bits per heavy atom. The van der Waals surface area contributed by atoms with Crippen molar-refractivity contribution in [3.8, 4) is 81.0 Å². The quantitative estimate of drug-likeness (QED) is 0.123. The summed E-state index contributed by atoms with van der Waals surface area (Å²) in [5.41, 5.74) is 39.4. The van der Waals surface area contributed by atoms with Crippen LogP contribution in [-0.4, -0.2) is 23.4 Å². The maximum atomic E-state index is 9.51. The van der Waals surface area contributed by atoms with Gasteiger partial charge in [-0.3, -0.25) is 0 Å². The van der Waals surface area contributed by atoms with Crippen molar-refractivity contribution in [2.45, 2.75) is 102 Å². The standard InChI is InChI=1S/2C22H13N4.C20H17N4.2C19H15N4/c1-24-20-8-10-22-19(18(20)12-23)14-25-13-17-11-16(7-9-21(17)26(22)25)15-5-3-2-4-6-15;1-24-20-9-10-21-19(18(20)12-23)14-25-13-17-8-7-16(11-22(17)26(21)25)15-5-3-2-4-6-15;1-11-12(2)14(4)20-16(13(11)3)9-23-10-17-15(8-21)18(22-5)6-7-19(17)24(20)23;1-11-7-14-9-22-10-16-15(8-20)17(21-4)5-6-18(16)23(22)19(14)13(3)12(11)2;1-11-7-12(2)15-9-22-10-16-14(8-20)17(21-4)5-6-18(16)23(22)19(15)13(11)3/h2*2-11,14H,13H2;6-7,10H,9H2,1-4H3;2*5-7,10H,9H2,1-3H3/q5*+1. The molecule has 0 atom stereocenters. The SMILES string of the molecule is [C-]#[N+]c1ccc2c(c[n+]3n2-c2c(C)c(C)c(C)c(C)c2C3)c1C#N.[C-]#[N+]c1ccc2c(c[n+]3n2-c2c(C)c(C)cc(C)c2C3)c1C#N.[C-]#[N+]c1ccc2c(c[n+]3n2-c2c(cc(C)c(C)c2C)C3)c1C#N.[C-]#[N+]c1ccc2c(c[n+]3n2-c2cc(-c4ccccc4)ccc2C3)c1C#N.[C-]#[N+]c1ccc2c(c[n+]3n2-c2ccc(-c4ccccc4)cc2C3)c1C#N. The van der Waals surface area contributed by atoms with Gasteiger partial charge in [0, 0.05) is 16.7 Å². The molecule has 0 N–H and O–H groups in total. The summed E-state index contributed by atoms with van der Waals surface area (Å²) in [5.74, 6) is 0. The molecule has 0 spiro atoms. The summed E-state index contributed by atoms with van der Waals surface area (Å²) in [6.45, 7) is 61.8. The minimum absolute atomic E-state index is 0.406. The summed E-state index contributed by atoms with van der Waals surface area (Å²) in [4.78, 5) is 17.4. The van der Waals surface area contributed by atoms with E-state index in [4.69, 9.17) is 32.9 Å². The van der Waals surface area contributed by atoms with Crippen LogP contribution < -0.4 is 23.4 Å². The van der Waals surface area contributed by atoms with Gasteiger partial charge in [-0.05, 0) is 208 Å². The van der Waals surface area contributed by atoms with Crippen LogP contribution in [0.3, 0.4) is 0 Å². The average molecular weight is 1580 g/mol. The molecule has 5 aliphatic heterocycles. The highest BCUT2D eigenvalue weighted by Crippen LogP contribution is 2.42. The van der Waals surface area contributed by atoms with Crippen molar-refractivity contribution in [3.63, 3.8) is 0 Å². The number of fused-ring (bicyclic) bond motifs is 25. The number of hydrogen-bond acceptors (Lipinski definition) is 5. The molecule has 5 aliphatic rings. The van der Waals surface area contributed by atoms with Crippen molar-refractivity contribution >= 4 is 83.0 Å². The number of nitrogens with zero attached hydrogens (tertiary/aromatic N) is 20. The normalized spacial score (nSPS) is 11.8. The number of hydrogen-bond donors (Lipinski definition) is 0. The molecule has 20 heteroatoms. The van der Waals surface area contributed by atoms with E-state index in [0.29, 0.717) is 56.3 Å². The summed E-state index contributed by atoms with van der Waals surface area (Å²) in [6.07, 6.45) is 9.95. The zero-order valence-electron chi connectivity index (χ0n) is 68.5. The van der Waals surface area contributed by atoms with Crippen molar-refractivity contribution in [1.82, 2.24) is 23.4 Å². The molecule has 0 saturated heterocycles. The van der Waals surface area contributed by atoms with Crippen molar-refractivity contribution in [2.75, 3.05) is 0 Å². The monoisotopic (exact) mass is 1580 g/mol. The minimum Gasteiger partial charge on any atom is -0.237 e. The molecule has 17 aromatic rings. The number of benzene rings is 12. The lowest BCUT2D eigenvalue weighted by Crippen LogP contribution is -2.36. The van der Waals surface area contributed by atoms with Crippen LogP contribution in [0.1, 0.15) is 111 Å². The Hall–Kier alpha value is -17.1. The van der Waals surface area contributed by atoms with E-state index in [2.05, 4.69) is 243 Å². The molecular formula is C102H73N20+5. The van der Waals surface area contributed by atoms with Crippen LogP contribution in [0.2, 0.25) is 0 Å². The molecule has 0 bridgehead atoms. The first-order chi connectivity index (χ1) is 59.2. The van der Waals surface area contributed by atoms with E-state index in [0.717, 1.165) is 104 Å². The zero-order valence-corrected chi connectivity index (χ0v) is 68.5. The summed E-state index contributed by atoms with van der Waals surface area (Å²) in [6, 6.07) is 67.6. The third-order valence-electron chi connectivity index (χ3n) is 25.2. The van der Waals surface area contributed by atoms with Crippen LogP contribution in [0.25, 0.3) is 129 Å². The topological polar surface area (TPSA) is 185 Å². The maximum absolute atomic E-state index is 9.51. The lowest BCUT2D eigenvalue weighted by atomic mass is 9.92. The molecule has 122 heavy (non-hydrogen) atoms. The lowest BCUT2D eigenvalue weighted by Gasteiger charge is -2.13. The highest BCUT2D eigenvalue weighted by Gasteiger charge is 2.38.